The molecular formula is C36H24N2. The average Bonchev–Trinajstić information content (AvgIpc) is 3.62. The lowest BCUT2D eigenvalue weighted by atomic mass is 10.1. The molecule has 0 bridgehead atoms. The predicted octanol–water partition coefficient (Wildman–Crippen LogP) is 9.55. The summed E-state index contributed by atoms with van der Waals surface area (Å²) in [4.78, 5) is 0. The Balaban J connectivity index is 1.50. The molecule has 0 atom stereocenters. The Hall–Kier alpha value is -5.08. The summed E-state index contributed by atoms with van der Waals surface area (Å²) >= 11 is 0. The fourth-order valence-corrected chi connectivity index (χ4v) is 5.46. The van der Waals surface area contributed by atoms with Gasteiger partial charge in [-0.25, -0.2) is 0 Å². The van der Waals surface area contributed by atoms with Gasteiger partial charge in [0.05, 0.1) is 34.4 Å². The predicted molar refractivity (Wildman–Crippen MR) is 161 cm³/mol. The molecule has 0 N–H and O–H groups in total. The number of para-hydroxylation sites is 3. The van der Waals surface area contributed by atoms with E-state index in [2.05, 4.69) is 10.6 Å². The molecule has 178 valence electrons. The van der Waals surface area contributed by atoms with Gasteiger partial charge in [-0.15, -0.1) is 0 Å². The quantitative estimate of drug-likeness (QED) is 0.232. The van der Waals surface area contributed by atoms with Crippen molar-refractivity contribution in [2.45, 2.75) is 0 Å². The van der Waals surface area contributed by atoms with Gasteiger partial charge in [0.25, 0.3) is 0 Å². The number of benzene rings is 6. The fourth-order valence-electron chi connectivity index (χ4n) is 5.46. The van der Waals surface area contributed by atoms with Crippen molar-refractivity contribution >= 4 is 43.6 Å². The van der Waals surface area contributed by atoms with Crippen LogP contribution >= 0.6 is 0 Å². The van der Waals surface area contributed by atoms with Crippen molar-refractivity contribution < 1.29 is 12.3 Å². The monoisotopic (exact) mass is 493 g/mol. The van der Waals surface area contributed by atoms with Crippen LogP contribution in [-0.4, -0.2) is 9.13 Å². The van der Waals surface area contributed by atoms with Crippen molar-refractivity contribution in [1.82, 2.24) is 9.13 Å². The highest BCUT2D eigenvalue weighted by Gasteiger charge is 2.16. The molecule has 2 heterocycles. The second-order valence-electron chi connectivity index (χ2n) is 9.18. The van der Waals surface area contributed by atoms with E-state index in [1.807, 2.05) is 72.8 Å². The van der Waals surface area contributed by atoms with Crippen LogP contribution in [-0.2, 0) is 0 Å². The van der Waals surface area contributed by atoms with E-state index in [9.17, 15) is 0 Å². The minimum Gasteiger partial charge on any atom is -0.309 e. The highest BCUT2D eigenvalue weighted by atomic mass is 15.0. The van der Waals surface area contributed by atoms with Crippen LogP contribution in [0, 0.1) is 0 Å². The summed E-state index contributed by atoms with van der Waals surface area (Å²) in [5.74, 6) is 0. The molecule has 0 unspecified atom stereocenters. The van der Waals surface area contributed by atoms with Crippen molar-refractivity contribution in [3.63, 3.8) is 0 Å². The molecule has 0 aliphatic carbocycles. The highest BCUT2D eigenvalue weighted by Crippen LogP contribution is 2.37. The van der Waals surface area contributed by atoms with Gasteiger partial charge < -0.3 is 9.13 Å². The average molecular weight is 494 g/mol. The Labute approximate surface area is 233 Å². The largest absolute Gasteiger partial charge is 0.309 e. The Bertz CT molecular complexity index is 2540. The zero-order valence-electron chi connectivity index (χ0n) is 29.1. The number of aromatic nitrogens is 2. The zero-order chi connectivity index (χ0) is 32.9. The SMILES string of the molecule is [2H]c1ccc(-c2cccc(-n3c4ccccc4c4ccc(-n5c6c([2H])c([2H])c([2H])c([2H])c6c6c([2H])c([2H])c([2H])c([2H])c65)cc43)c2)cc1. The number of fused-ring (bicyclic) bond motifs is 6. The second kappa shape index (κ2) is 8.22. The second-order valence-corrected chi connectivity index (χ2v) is 9.18. The number of hydrogen-bond acceptors (Lipinski definition) is 0. The molecule has 0 amide bonds. The van der Waals surface area contributed by atoms with E-state index < -0.39 is 24.2 Å². The third kappa shape index (κ3) is 3.07. The van der Waals surface area contributed by atoms with E-state index in [-0.39, 0.29) is 46.0 Å². The summed E-state index contributed by atoms with van der Waals surface area (Å²) in [5, 5.41) is 2.04. The topological polar surface area (TPSA) is 9.86 Å². The van der Waals surface area contributed by atoms with Gasteiger partial charge in [0.1, 0.15) is 0 Å². The minimum absolute atomic E-state index is 0.0463. The van der Waals surface area contributed by atoms with Crippen LogP contribution in [0.25, 0.3) is 66.1 Å². The van der Waals surface area contributed by atoms with Crippen LogP contribution in [0.2, 0.25) is 0 Å². The van der Waals surface area contributed by atoms with Gasteiger partial charge >= 0.3 is 0 Å². The Morgan fingerprint density at radius 1 is 0.395 bits per heavy atom. The normalized spacial score (nSPS) is 15.0. The third-order valence-corrected chi connectivity index (χ3v) is 7.10. The summed E-state index contributed by atoms with van der Waals surface area (Å²) in [5.41, 5.74) is 5.23. The first kappa shape index (κ1) is 14.0. The van der Waals surface area contributed by atoms with Gasteiger partial charge in [-0.1, -0.05) is 103 Å². The maximum atomic E-state index is 8.90. The summed E-state index contributed by atoms with van der Waals surface area (Å²) in [6.45, 7) is 0. The molecule has 0 aliphatic rings. The lowest BCUT2D eigenvalue weighted by Crippen LogP contribution is -1.97. The van der Waals surface area contributed by atoms with Crippen LogP contribution in [0.1, 0.15) is 12.3 Å². The zero-order valence-corrected chi connectivity index (χ0v) is 20.1. The number of hydrogen-bond donors (Lipinski definition) is 0. The smallest absolute Gasteiger partial charge is 0.0645 e. The summed E-state index contributed by atoms with van der Waals surface area (Å²) < 4.78 is 80.5. The van der Waals surface area contributed by atoms with Gasteiger partial charge in [-0.2, -0.15) is 0 Å². The molecule has 8 aromatic rings. The standard InChI is InChI=1S/C36H24N2/c1-2-11-25(12-3-1)26-13-10-14-27(23-26)38-35-20-9-6-17-31(35)32-22-21-28(24-36(32)38)37-33-18-7-4-15-29(33)30-16-5-8-19-34(30)37/h1-24H/i1D,4D,5D,7D,8D,15D,16D,18D,19D. The van der Waals surface area contributed by atoms with Crippen LogP contribution in [0.3, 0.4) is 0 Å². The Morgan fingerprint density at radius 3 is 1.82 bits per heavy atom. The molecule has 0 fully saturated rings. The molecule has 0 radical (unpaired) electrons. The van der Waals surface area contributed by atoms with Crippen molar-refractivity contribution in [2.24, 2.45) is 0 Å². The van der Waals surface area contributed by atoms with Gasteiger partial charge in [0.2, 0.25) is 0 Å². The highest BCUT2D eigenvalue weighted by molar-refractivity contribution is 6.12. The van der Waals surface area contributed by atoms with E-state index in [1.54, 1.807) is 16.7 Å². The Kier molecular flexibility index (Phi) is 3.03. The first-order valence-corrected chi connectivity index (χ1v) is 12.3. The molecular weight excluding hydrogens is 460 g/mol. The number of rotatable bonds is 3. The molecule has 0 saturated carbocycles. The minimum atomic E-state index is -0.471. The molecule has 0 saturated heterocycles. The molecule has 6 aromatic carbocycles. The molecule has 2 nitrogen and oxygen atoms in total. The van der Waals surface area contributed by atoms with Gasteiger partial charge in [0.15, 0.2) is 0 Å². The van der Waals surface area contributed by atoms with Crippen molar-refractivity contribution in [3.8, 4) is 22.5 Å². The molecule has 2 heteroatoms. The third-order valence-electron chi connectivity index (χ3n) is 7.10. The summed E-state index contributed by atoms with van der Waals surface area (Å²) in [6.07, 6.45) is 0. The van der Waals surface area contributed by atoms with Crippen molar-refractivity contribution in [2.75, 3.05) is 0 Å². The van der Waals surface area contributed by atoms with Crippen LogP contribution in [0.4, 0.5) is 0 Å². The van der Waals surface area contributed by atoms with E-state index in [4.69, 9.17) is 12.3 Å². The number of nitrogens with zero attached hydrogens (tertiary/aromatic N) is 2. The van der Waals surface area contributed by atoms with Crippen LogP contribution < -0.4 is 0 Å². The van der Waals surface area contributed by atoms with Crippen LogP contribution in [0.5, 0.6) is 0 Å². The van der Waals surface area contributed by atoms with E-state index in [1.165, 1.54) is 0 Å². The molecule has 0 spiro atoms. The summed E-state index contributed by atoms with van der Waals surface area (Å²) in [7, 11) is 0. The first-order valence-electron chi connectivity index (χ1n) is 16.8. The van der Waals surface area contributed by atoms with E-state index in [0.29, 0.717) is 11.7 Å². The molecule has 0 aliphatic heterocycles. The van der Waals surface area contributed by atoms with E-state index in [0.717, 1.165) is 38.6 Å². The molecule has 38 heavy (non-hydrogen) atoms. The van der Waals surface area contributed by atoms with Crippen molar-refractivity contribution in [3.05, 3.63) is 145 Å². The van der Waals surface area contributed by atoms with Crippen molar-refractivity contribution in [1.29, 1.82) is 0 Å². The molecule has 8 rings (SSSR count). The maximum absolute atomic E-state index is 8.90. The van der Waals surface area contributed by atoms with Gasteiger partial charge in [-0.05, 0) is 53.5 Å². The van der Waals surface area contributed by atoms with E-state index >= 15 is 0 Å². The Morgan fingerprint density at radius 2 is 1.03 bits per heavy atom. The molecule has 2 aromatic heterocycles. The van der Waals surface area contributed by atoms with Gasteiger partial charge in [-0.3, -0.25) is 0 Å². The lowest BCUT2D eigenvalue weighted by Gasteiger charge is -2.12. The maximum Gasteiger partial charge on any atom is 0.0645 e. The first-order chi connectivity index (χ1) is 22.6. The van der Waals surface area contributed by atoms with Crippen LogP contribution in [0.15, 0.2) is 145 Å². The summed E-state index contributed by atoms with van der Waals surface area (Å²) in [6, 6.07) is 26.3. The van der Waals surface area contributed by atoms with Gasteiger partial charge in [0, 0.05) is 32.9 Å². The lowest BCUT2D eigenvalue weighted by molar-refractivity contribution is 1.15. The fraction of sp³-hybridized carbons (Fsp3) is 0.